The highest BCUT2D eigenvalue weighted by Gasteiger charge is 2.17. The highest BCUT2D eigenvalue weighted by atomic mass is 32.2. The van der Waals surface area contributed by atoms with E-state index >= 15 is 0 Å². The van der Waals surface area contributed by atoms with Crippen molar-refractivity contribution in [2.45, 2.75) is 38.1 Å². The summed E-state index contributed by atoms with van der Waals surface area (Å²) in [5.41, 5.74) is 1.51. The zero-order chi connectivity index (χ0) is 18.2. The number of benzene rings is 1. The summed E-state index contributed by atoms with van der Waals surface area (Å²) in [7, 11) is 0. The maximum absolute atomic E-state index is 12.3. The van der Waals surface area contributed by atoms with Crippen molar-refractivity contribution < 1.29 is 9.59 Å². The molecular formula is C19H28N4O2S. The van der Waals surface area contributed by atoms with E-state index in [0.29, 0.717) is 6.42 Å². The molecule has 7 heteroatoms. The molecule has 2 heterocycles. The van der Waals surface area contributed by atoms with Crippen molar-refractivity contribution >= 4 is 35.1 Å². The molecule has 2 fully saturated rings. The van der Waals surface area contributed by atoms with Crippen LogP contribution in [0.4, 0.5) is 16.2 Å². The van der Waals surface area contributed by atoms with Crippen molar-refractivity contribution in [2.24, 2.45) is 0 Å². The van der Waals surface area contributed by atoms with E-state index in [2.05, 4.69) is 16.0 Å². The number of carbonyl (C=O) groups excluding carboxylic acids is 2. The first-order chi connectivity index (χ1) is 12.7. The minimum atomic E-state index is -0.0374. The largest absolute Gasteiger partial charge is 0.326 e. The molecule has 0 bridgehead atoms. The molecule has 3 amide bonds. The van der Waals surface area contributed by atoms with Crippen molar-refractivity contribution in [3.63, 3.8) is 0 Å². The van der Waals surface area contributed by atoms with Crippen LogP contribution in [0.3, 0.4) is 0 Å². The molecule has 2 saturated heterocycles. The molecule has 3 rings (SSSR count). The summed E-state index contributed by atoms with van der Waals surface area (Å²) < 4.78 is 0. The smallest absolute Gasteiger partial charge is 0.321 e. The third-order valence-corrected chi connectivity index (χ3v) is 5.87. The minimum Gasteiger partial charge on any atom is -0.326 e. The van der Waals surface area contributed by atoms with Gasteiger partial charge in [0.05, 0.1) is 0 Å². The van der Waals surface area contributed by atoms with Crippen LogP contribution in [0.1, 0.15) is 32.1 Å². The first-order valence-electron chi connectivity index (χ1n) is 9.48. The lowest BCUT2D eigenvalue weighted by Gasteiger charge is -2.22. The van der Waals surface area contributed by atoms with E-state index in [-0.39, 0.29) is 18.0 Å². The molecule has 2 aliphatic heterocycles. The Bertz CT molecular complexity index is 594. The van der Waals surface area contributed by atoms with Crippen LogP contribution in [0.15, 0.2) is 24.3 Å². The molecule has 0 radical (unpaired) electrons. The fourth-order valence-electron chi connectivity index (χ4n) is 3.30. The van der Waals surface area contributed by atoms with Gasteiger partial charge in [0.1, 0.15) is 0 Å². The number of hydrogen-bond donors (Lipinski definition) is 3. The van der Waals surface area contributed by atoms with Crippen LogP contribution in [0, 0.1) is 0 Å². The first kappa shape index (κ1) is 19.0. The molecule has 0 saturated carbocycles. The van der Waals surface area contributed by atoms with Crippen molar-refractivity contribution in [3.8, 4) is 0 Å². The molecule has 1 unspecified atom stereocenters. The van der Waals surface area contributed by atoms with Gasteiger partial charge in [-0.3, -0.25) is 4.79 Å². The maximum Gasteiger partial charge on any atom is 0.321 e. The van der Waals surface area contributed by atoms with Crippen LogP contribution in [0.2, 0.25) is 0 Å². The zero-order valence-corrected chi connectivity index (χ0v) is 15.9. The average Bonchev–Trinajstić information content (AvgIpc) is 2.94. The highest BCUT2D eigenvalue weighted by molar-refractivity contribution is 7.99. The number of urea groups is 1. The molecule has 2 aliphatic rings. The lowest BCUT2D eigenvalue weighted by molar-refractivity contribution is -0.116. The number of likely N-dealkylation sites (tertiary alicyclic amines) is 1. The standard InChI is InChI=1S/C19H28N4O2S/c24-18(13-17-14-26-12-9-20-17)21-15-5-7-16(8-6-15)22-19(25)23-10-3-1-2-4-11-23/h5-8,17,20H,1-4,9-14H2,(H,21,24)(H,22,25). The van der Waals surface area contributed by atoms with Gasteiger partial charge in [-0.05, 0) is 37.1 Å². The van der Waals surface area contributed by atoms with Gasteiger partial charge in [-0.1, -0.05) is 12.8 Å². The van der Waals surface area contributed by atoms with Crippen LogP contribution < -0.4 is 16.0 Å². The van der Waals surface area contributed by atoms with Gasteiger partial charge in [-0.25, -0.2) is 4.79 Å². The molecule has 1 aromatic rings. The maximum atomic E-state index is 12.3. The van der Waals surface area contributed by atoms with Crippen LogP contribution in [0.5, 0.6) is 0 Å². The van der Waals surface area contributed by atoms with Crippen LogP contribution in [0.25, 0.3) is 0 Å². The second-order valence-electron chi connectivity index (χ2n) is 6.89. The molecule has 142 valence electrons. The molecule has 0 spiro atoms. The van der Waals surface area contributed by atoms with Gasteiger partial charge in [0.25, 0.3) is 0 Å². The number of carbonyl (C=O) groups is 2. The van der Waals surface area contributed by atoms with E-state index in [1.54, 1.807) is 0 Å². The highest BCUT2D eigenvalue weighted by Crippen LogP contribution is 2.17. The average molecular weight is 377 g/mol. The Morgan fingerprint density at radius 3 is 2.31 bits per heavy atom. The fourth-order valence-corrected chi connectivity index (χ4v) is 4.25. The van der Waals surface area contributed by atoms with Crippen molar-refractivity contribution in [3.05, 3.63) is 24.3 Å². The van der Waals surface area contributed by atoms with Gasteiger partial charge in [0.15, 0.2) is 0 Å². The van der Waals surface area contributed by atoms with E-state index in [9.17, 15) is 9.59 Å². The van der Waals surface area contributed by atoms with Gasteiger partial charge in [-0.2, -0.15) is 11.8 Å². The molecule has 0 aromatic heterocycles. The molecular weight excluding hydrogens is 348 g/mol. The topological polar surface area (TPSA) is 73.5 Å². The Morgan fingerprint density at radius 2 is 1.69 bits per heavy atom. The Labute approximate surface area is 159 Å². The Hall–Kier alpha value is -1.73. The lowest BCUT2D eigenvalue weighted by Crippen LogP contribution is -2.39. The van der Waals surface area contributed by atoms with Crippen molar-refractivity contribution in [2.75, 3.05) is 41.8 Å². The normalized spacial score (nSPS) is 20.9. The van der Waals surface area contributed by atoms with E-state index < -0.39 is 0 Å². The zero-order valence-electron chi connectivity index (χ0n) is 15.1. The summed E-state index contributed by atoms with van der Waals surface area (Å²) in [6, 6.07) is 7.54. The van der Waals surface area contributed by atoms with Crippen molar-refractivity contribution in [1.29, 1.82) is 0 Å². The van der Waals surface area contributed by atoms with E-state index in [1.807, 2.05) is 40.9 Å². The number of rotatable bonds is 4. The van der Waals surface area contributed by atoms with E-state index in [4.69, 9.17) is 0 Å². The number of thioether (sulfide) groups is 1. The number of nitrogens with one attached hydrogen (secondary N) is 3. The second-order valence-corrected chi connectivity index (χ2v) is 8.04. The quantitative estimate of drug-likeness (QED) is 0.755. The number of anilines is 2. The summed E-state index contributed by atoms with van der Waals surface area (Å²) >= 11 is 1.89. The van der Waals surface area contributed by atoms with Gasteiger partial charge < -0.3 is 20.9 Å². The molecule has 0 aliphatic carbocycles. The summed E-state index contributed by atoms with van der Waals surface area (Å²) in [6.45, 7) is 2.62. The van der Waals surface area contributed by atoms with E-state index in [1.165, 1.54) is 12.8 Å². The van der Waals surface area contributed by atoms with E-state index in [0.717, 1.165) is 55.4 Å². The summed E-state index contributed by atoms with van der Waals surface area (Å²) in [6.07, 6.45) is 5.04. The third-order valence-electron chi connectivity index (χ3n) is 4.74. The van der Waals surface area contributed by atoms with Gasteiger partial charge in [-0.15, -0.1) is 0 Å². The molecule has 1 atom stereocenters. The fraction of sp³-hybridized carbons (Fsp3) is 0.579. The second kappa shape index (κ2) is 9.83. The Balaban J connectivity index is 1.46. The Morgan fingerprint density at radius 1 is 1.04 bits per heavy atom. The first-order valence-corrected chi connectivity index (χ1v) is 10.6. The van der Waals surface area contributed by atoms with Crippen LogP contribution in [-0.4, -0.2) is 54.0 Å². The summed E-state index contributed by atoms with van der Waals surface area (Å²) in [4.78, 5) is 26.4. The van der Waals surface area contributed by atoms with Crippen LogP contribution >= 0.6 is 11.8 Å². The predicted molar refractivity (Wildman–Crippen MR) is 108 cm³/mol. The molecule has 3 N–H and O–H groups in total. The van der Waals surface area contributed by atoms with Gasteiger partial charge in [0, 0.05) is 55.0 Å². The number of nitrogens with zero attached hydrogens (tertiary/aromatic N) is 1. The molecule has 6 nitrogen and oxygen atoms in total. The SMILES string of the molecule is O=C(CC1CSCCN1)Nc1ccc(NC(=O)N2CCCCCC2)cc1. The predicted octanol–water partition coefficient (Wildman–Crippen LogP) is 3.13. The number of hydrogen-bond acceptors (Lipinski definition) is 4. The van der Waals surface area contributed by atoms with Crippen molar-refractivity contribution in [1.82, 2.24) is 10.2 Å². The van der Waals surface area contributed by atoms with Gasteiger partial charge in [0.2, 0.25) is 5.91 Å². The molecule has 26 heavy (non-hydrogen) atoms. The minimum absolute atomic E-state index is 0.0198. The monoisotopic (exact) mass is 376 g/mol. The Kier molecular flexibility index (Phi) is 7.20. The summed E-state index contributed by atoms with van der Waals surface area (Å²) in [5.74, 6) is 2.11. The molecule has 1 aromatic carbocycles. The van der Waals surface area contributed by atoms with Crippen LogP contribution in [-0.2, 0) is 4.79 Å². The lowest BCUT2D eigenvalue weighted by atomic mass is 10.2. The third kappa shape index (κ3) is 5.92. The van der Waals surface area contributed by atoms with Gasteiger partial charge >= 0.3 is 6.03 Å². The number of amides is 3. The summed E-state index contributed by atoms with van der Waals surface area (Å²) in [5, 5.41) is 9.25.